The Balaban J connectivity index is 2.94. The molecular weight excluding hydrogens is 270 g/mol. The van der Waals surface area contributed by atoms with E-state index in [1.807, 2.05) is 0 Å². The molecule has 0 radical (unpaired) electrons. The summed E-state index contributed by atoms with van der Waals surface area (Å²) < 4.78 is 80.3. The van der Waals surface area contributed by atoms with Crippen LogP contribution in [0.4, 0.5) is 26.3 Å². The Morgan fingerprint density at radius 3 is 1.94 bits per heavy atom. The highest BCUT2D eigenvalue weighted by molar-refractivity contribution is 5.81. The quantitative estimate of drug-likeness (QED) is 0.486. The number of hydrogen-bond donors (Lipinski definition) is 1. The van der Waals surface area contributed by atoms with Crippen LogP contribution in [0.3, 0.4) is 0 Å². The van der Waals surface area contributed by atoms with Crippen molar-refractivity contribution < 1.29 is 41.0 Å². The van der Waals surface area contributed by atoms with Crippen molar-refractivity contribution >= 4 is 5.97 Å². The van der Waals surface area contributed by atoms with Crippen LogP contribution < -0.4 is 0 Å². The molecule has 104 valence electrons. The number of esters is 1. The number of ether oxygens (including phenoxy) is 1. The Kier molecular flexibility index (Phi) is 3.19. The Morgan fingerprint density at radius 1 is 1.11 bits per heavy atom. The fourth-order valence-electron chi connectivity index (χ4n) is 1.50. The molecule has 3 nitrogen and oxygen atoms in total. The maximum Gasteiger partial charge on any atom is 0.378 e. The predicted octanol–water partition coefficient (Wildman–Crippen LogP) is 1.76. The number of hydrogen-bond acceptors (Lipinski definition) is 3. The maximum absolute atomic E-state index is 12.8. The summed E-state index contributed by atoms with van der Waals surface area (Å²) in [5.74, 6) is -17.3. The number of carbonyl (C=O) groups excluding carboxylic acids is 1. The molecule has 0 atom stereocenters. The van der Waals surface area contributed by atoms with E-state index >= 15 is 0 Å². The average Bonchev–Trinajstić information content (AvgIpc) is 2.26. The highest BCUT2D eigenvalue weighted by Crippen LogP contribution is 2.67. The van der Waals surface area contributed by atoms with Gasteiger partial charge in [-0.15, -0.1) is 0 Å². The van der Waals surface area contributed by atoms with E-state index in [2.05, 4.69) is 4.74 Å². The van der Waals surface area contributed by atoms with Crippen LogP contribution in [0, 0.1) is 0 Å². The minimum atomic E-state index is -5.63. The van der Waals surface area contributed by atoms with Gasteiger partial charge in [-0.3, -0.25) is 0 Å². The van der Waals surface area contributed by atoms with Gasteiger partial charge in [-0.2, -0.15) is 26.3 Å². The van der Waals surface area contributed by atoms with Crippen LogP contribution in [0.2, 0.25) is 0 Å². The van der Waals surface area contributed by atoms with Crippen LogP contribution in [-0.4, -0.2) is 41.6 Å². The topological polar surface area (TPSA) is 46.5 Å². The van der Waals surface area contributed by atoms with Gasteiger partial charge >= 0.3 is 23.7 Å². The first-order chi connectivity index (χ1) is 7.95. The van der Waals surface area contributed by atoms with Gasteiger partial charge in [0.2, 0.25) is 5.60 Å². The lowest BCUT2D eigenvalue weighted by Gasteiger charge is -2.55. The smallest absolute Gasteiger partial charge is 0.378 e. The molecule has 1 aliphatic carbocycles. The lowest BCUT2D eigenvalue weighted by atomic mass is 9.66. The molecule has 1 aliphatic rings. The molecule has 0 amide bonds. The second-order valence-corrected chi connectivity index (χ2v) is 3.71. The molecule has 0 saturated heterocycles. The number of aliphatic hydroxyl groups is 1. The summed E-state index contributed by atoms with van der Waals surface area (Å²) >= 11 is 0. The first kappa shape index (κ1) is 14.8. The van der Waals surface area contributed by atoms with E-state index < -0.39 is 35.8 Å². The molecule has 0 aromatic rings. The van der Waals surface area contributed by atoms with Crippen molar-refractivity contribution in [2.45, 2.75) is 29.8 Å². The summed E-state index contributed by atoms with van der Waals surface area (Å²) in [6, 6.07) is 0. The molecule has 0 aromatic carbocycles. The van der Waals surface area contributed by atoms with E-state index in [-0.39, 0.29) is 0 Å². The fourth-order valence-corrected chi connectivity index (χ4v) is 1.50. The SMILES string of the molecule is COC(=O)C=CCC1(O)C(F)(F)C(F)(F)C1(F)F. The highest BCUT2D eigenvalue weighted by atomic mass is 19.4. The number of methoxy groups -OCH3 is 1. The van der Waals surface area contributed by atoms with Crippen molar-refractivity contribution in [1.82, 2.24) is 0 Å². The number of rotatable bonds is 3. The van der Waals surface area contributed by atoms with Crippen LogP contribution in [0.15, 0.2) is 12.2 Å². The third-order valence-electron chi connectivity index (χ3n) is 2.70. The standard InChI is InChI=1S/C9H8F6O3/c1-18-5(16)3-2-4-6(17)7(10,11)9(14,15)8(6,12)13/h2-3,17H,4H2,1H3. The van der Waals surface area contributed by atoms with Crippen LogP contribution in [0.25, 0.3) is 0 Å². The van der Waals surface area contributed by atoms with Crippen LogP contribution in [0.5, 0.6) is 0 Å². The molecular formula is C9H8F6O3. The lowest BCUT2D eigenvalue weighted by Crippen LogP contribution is -2.85. The van der Waals surface area contributed by atoms with E-state index in [9.17, 15) is 31.1 Å². The summed E-state index contributed by atoms with van der Waals surface area (Å²) in [5.41, 5.74) is -4.23. The summed E-state index contributed by atoms with van der Waals surface area (Å²) in [6.07, 6.45) is -0.624. The Bertz CT molecular complexity index is 372. The normalized spacial score (nSPS) is 26.7. The van der Waals surface area contributed by atoms with Crippen molar-refractivity contribution in [2.75, 3.05) is 7.11 Å². The molecule has 0 heterocycles. The highest BCUT2D eigenvalue weighted by Gasteiger charge is 2.97. The Morgan fingerprint density at radius 2 is 1.56 bits per heavy atom. The monoisotopic (exact) mass is 278 g/mol. The molecule has 0 bridgehead atoms. The van der Waals surface area contributed by atoms with Gasteiger partial charge in [-0.05, 0) is 0 Å². The first-order valence-corrected chi connectivity index (χ1v) is 4.56. The fraction of sp³-hybridized carbons (Fsp3) is 0.667. The summed E-state index contributed by atoms with van der Waals surface area (Å²) in [4.78, 5) is 10.5. The molecule has 9 heteroatoms. The van der Waals surface area contributed by atoms with E-state index in [0.717, 1.165) is 7.11 Å². The van der Waals surface area contributed by atoms with Gasteiger partial charge in [0.05, 0.1) is 7.11 Å². The molecule has 0 unspecified atom stereocenters. The van der Waals surface area contributed by atoms with Crippen molar-refractivity contribution in [2.24, 2.45) is 0 Å². The second kappa shape index (κ2) is 3.87. The second-order valence-electron chi connectivity index (χ2n) is 3.71. The van der Waals surface area contributed by atoms with E-state index in [1.165, 1.54) is 0 Å². The molecule has 1 fully saturated rings. The maximum atomic E-state index is 12.8. The summed E-state index contributed by atoms with van der Waals surface area (Å²) in [6.45, 7) is 0. The zero-order valence-electron chi connectivity index (χ0n) is 8.89. The Hall–Kier alpha value is -1.25. The lowest BCUT2D eigenvalue weighted by molar-refractivity contribution is -0.489. The molecule has 0 aliphatic heterocycles. The van der Waals surface area contributed by atoms with Gasteiger partial charge in [-0.25, -0.2) is 4.79 Å². The molecule has 1 saturated carbocycles. The molecule has 1 rings (SSSR count). The minimum absolute atomic E-state index is 0.420. The number of alkyl halides is 6. The van der Waals surface area contributed by atoms with E-state index in [4.69, 9.17) is 5.11 Å². The van der Waals surface area contributed by atoms with Gasteiger partial charge in [-0.1, -0.05) is 6.08 Å². The van der Waals surface area contributed by atoms with Crippen molar-refractivity contribution in [1.29, 1.82) is 0 Å². The van der Waals surface area contributed by atoms with E-state index in [1.54, 1.807) is 0 Å². The van der Waals surface area contributed by atoms with Crippen molar-refractivity contribution in [3.05, 3.63) is 12.2 Å². The van der Waals surface area contributed by atoms with Crippen LogP contribution >= 0.6 is 0 Å². The van der Waals surface area contributed by atoms with Crippen molar-refractivity contribution in [3.63, 3.8) is 0 Å². The molecule has 1 N–H and O–H groups in total. The third-order valence-corrected chi connectivity index (χ3v) is 2.70. The molecule has 0 aromatic heterocycles. The van der Waals surface area contributed by atoms with Gasteiger partial charge in [0.25, 0.3) is 0 Å². The van der Waals surface area contributed by atoms with Crippen LogP contribution in [0.1, 0.15) is 6.42 Å². The number of carbonyl (C=O) groups is 1. The zero-order chi connectivity index (χ0) is 14.4. The minimum Gasteiger partial charge on any atom is -0.466 e. The van der Waals surface area contributed by atoms with Crippen LogP contribution in [-0.2, 0) is 9.53 Å². The van der Waals surface area contributed by atoms with Gasteiger partial charge in [0.15, 0.2) is 0 Å². The summed E-state index contributed by atoms with van der Waals surface area (Å²) in [7, 11) is 0.933. The van der Waals surface area contributed by atoms with Gasteiger partial charge < -0.3 is 9.84 Å². The molecule has 18 heavy (non-hydrogen) atoms. The molecule has 0 spiro atoms. The van der Waals surface area contributed by atoms with Crippen molar-refractivity contribution in [3.8, 4) is 0 Å². The third kappa shape index (κ3) is 1.46. The predicted molar refractivity (Wildman–Crippen MR) is 45.6 cm³/mol. The van der Waals surface area contributed by atoms with Gasteiger partial charge in [0.1, 0.15) is 0 Å². The zero-order valence-corrected chi connectivity index (χ0v) is 8.89. The Labute approximate surface area is 97.0 Å². The number of halogens is 6. The summed E-state index contributed by atoms with van der Waals surface area (Å²) in [5, 5.41) is 9.00. The largest absolute Gasteiger partial charge is 0.466 e. The average molecular weight is 278 g/mol. The van der Waals surface area contributed by atoms with E-state index in [0.29, 0.717) is 12.2 Å². The van der Waals surface area contributed by atoms with Gasteiger partial charge in [0, 0.05) is 12.5 Å². The first-order valence-electron chi connectivity index (χ1n) is 4.56.